The fourth-order valence-electron chi connectivity index (χ4n) is 2.05. The van der Waals surface area contributed by atoms with Crippen LogP contribution < -0.4 is 15.8 Å². The average Bonchev–Trinajstić information content (AvgIpc) is 2.69. The van der Waals surface area contributed by atoms with Crippen molar-refractivity contribution in [2.24, 2.45) is 11.1 Å². The van der Waals surface area contributed by atoms with Crippen molar-refractivity contribution in [3.63, 3.8) is 0 Å². The topological polar surface area (TPSA) is 97.1 Å². The third-order valence-corrected chi connectivity index (χ3v) is 5.62. The van der Waals surface area contributed by atoms with Crippen molar-refractivity contribution >= 4 is 26.5 Å². The van der Waals surface area contributed by atoms with Crippen LogP contribution in [0.4, 0.5) is 5.13 Å². The van der Waals surface area contributed by atoms with E-state index in [-0.39, 0.29) is 4.21 Å². The first-order valence-electron chi connectivity index (χ1n) is 5.91. The molecule has 1 aromatic heterocycles. The van der Waals surface area contributed by atoms with E-state index < -0.39 is 10.0 Å². The summed E-state index contributed by atoms with van der Waals surface area (Å²) >= 11 is 1.10. The number of primary sulfonamides is 1. The third-order valence-electron chi connectivity index (χ3n) is 2.95. The molecule has 6 nitrogen and oxygen atoms in total. The molecule has 0 saturated carbocycles. The van der Waals surface area contributed by atoms with Gasteiger partial charge in [0.1, 0.15) is 0 Å². The Hall–Kier alpha value is -0.700. The molecule has 0 aromatic carbocycles. The van der Waals surface area contributed by atoms with E-state index >= 15 is 0 Å². The molecule has 1 fully saturated rings. The van der Waals surface area contributed by atoms with Crippen molar-refractivity contribution in [2.75, 3.05) is 25.0 Å². The summed E-state index contributed by atoms with van der Waals surface area (Å²) in [6.45, 7) is 4.55. The van der Waals surface area contributed by atoms with E-state index in [1.807, 2.05) is 0 Å². The highest BCUT2D eigenvalue weighted by atomic mass is 32.2. The van der Waals surface area contributed by atoms with E-state index in [9.17, 15) is 8.42 Å². The molecular weight excluding hydrogens is 272 g/mol. The number of aryl methyl sites for hydroxylation is 1. The zero-order chi connectivity index (χ0) is 13.2. The molecule has 0 aliphatic carbocycles. The van der Waals surface area contributed by atoms with Crippen LogP contribution in [0.15, 0.2) is 4.21 Å². The van der Waals surface area contributed by atoms with Gasteiger partial charge in [0.05, 0.1) is 5.69 Å². The third kappa shape index (κ3) is 3.41. The Bertz CT molecular complexity index is 506. The van der Waals surface area contributed by atoms with Crippen LogP contribution in [0.2, 0.25) is 0 Å². The summed E-state index contributed by atoms with van der Waals surface area (Å²) < 4.78 is 22.7. The van der Waals surface area contributed by atoms with Crippen LogP contribution >= 0.6 is 11.3 Å². The molecular formula is C10H18N4O2S2. The van der Waals surface area contributed by atoms with E-state index in [0.717, 1.165) is 31.0 Å². The molecule has 102 valence electrons. The normalized spacial score (nSPS) is 20.9. The molecule has 0 bridgehead atoms. The number of sulfonamides is 1. The second-order valence-electron chi connectivity index (χ2n) is 4.53. The van der Waals surface area contributed by atoms with Crippen molar-refractivity contribution < 1.29 is 8.42 Å². The molecule has 1 saturated heterocycles. The summed E-state index contributed by atoms with van der Waals surface area (Å²) in [6, 6.07) is 0. The number of anilines is 1. The van der Waals surface area contributed by atoms with Gasteiger partial charge in [-0.15, -0.1) is 0 Å². The largest absolute Gasteiger partial charge is 0.361 e. The van der Waals surface area contributed by atoms with Crippen LogP contribution in [0.5, 0.6) is 0 Å². The van der Waals surface area contributed by atoms with Crippen LogP contribution in [0.3, 0.4) is 0 Å². The number of aromatic nitrogens is 1. The molecule has 2 rings (SSSR count). The smallest absolute Gasteiger partial charge is 0.249 e. The van der Waals surface area contributed by atoms with Gasteiger partial charge in [-0.1, -0.05) is 11.3 Å². The second-order valence-corrected chi connectivity index (χ2v) is 7.29. The lowest BCUT2D eigenvalue weighted by Gasteiger charge is -2.22. The highest BCUT2D eigenvalue weighted by Gasteiger charge is 2.18. The maximum Gasteiger partial charge on any atom is 0.249 e. The van der Waals surface area contributed by atoms with Gasteiger partial charge in [0.2, 0.25) is 10.0 Å². The Morgan fingerprint density at radius 3 is 2.94 bits per heavy atom. The van der Waals surface area contributed by atoms with Crippen LogP contribution in [-0.2, 0) is 10.0 Å². The van der Waals surface area contributed by atoms with Gasteiger partial charge in [-0.25, -0.2) is 18.5 Å². The van der Waals surface area contributed by atoms with Gasteiger partial charge in [0.25, 0.3) is 0 Å². The monoisotopic (exact) mass is 290 g/mol. The number of nitrogens with one attached hydrogen (secondary N) is 2. The lowest BCUT2D eigenvalue weighted by atomic mass is 10.00. The van der Waals surface area contributed by atoms with Gasteiger partial charge in [-0.3, -0.25) is 0 Å². The van der Waals surface area contributed by atoms with E-state index in [0.29, 0.717) is 16.7 Å². The van der Waals surface area contributed by atoms with Crippen LogP contribution in [-0.4, -0.2) is 33.0 Å². The minimum absolute atomic E-state index is 0.145. The van der Waals surface area contributed by atoms with Gasteiger partial charge in [0, 0.05) is 6.54 Å². The molecule has 1 aliphatic rings. The number of hydrogen-bond donors (Lipinski definition) is 3. The zero-order valence-electron chi connectivity index (χ0n) is 10.3. The van der Waals surface area contributed by atoms with E-state index in [1.165, 1.54) is 12.8 Å². The first kappa shape index (κ1) is 13.7. The number of nitrogens with zero attached hydrogens (tertiary/aromatic N) is 1. The molecule has 18 heavy (non-hydrogen) atoms. The fourth-order valence-corrected chi connectivity index (χ4v) is 3.92. The number of nitrogens with two attached hydrogens (primary N) is 1. The molecule has 8 heteroatoms. The molecule has 1 aromatic rings. The summed E-state index contributed by atoms with van der Waals surface area (Å²) in [5.74, 6) is 0.570. The SMILES string of the molecule is Cc1nc(NCC2CCCNC2)sc1S(N)(=O)=O. The number of hydrogen-bond acceptors (Lipinski definition) is 6. The lowest BCUT2D eigenvalue weighted by molar-refractivity contribution is 0.393. The van der Waals surface area contributed by atoms with Gasteiger partial charge in [0.15, 0.2) is 9.34 Å². The average molecular weight is 290 g/mol. The van der Waals surface area contributed by atoms with Crippen molar-refractivity contribution in [1.82, 2.24) is 10.3 Å². The highest BCUT2D eigenvalue weighted by Crippen LogP contribution is 2.26. The van der Waals surface area contributed by atoms with Crippen LogP contribution in [0, 0.1) is 12.8 Å². The van der Waals surface area contributed by atoms with Gasteiger partial charge in [-0.2, -0.15) is 0 Å². The minimum atomic E-state index is -3.65. The number of rotatable bonds is 4. The van der Waals surface area contributed by atoms with Gasteiger partial charge >= 0.3 is 0 Å². The molecule has 1 atom stereocenters. The molecule has 1 aliphatic heterocycles. The van der Waals surface area contributed by atoms with Crippen molar-refractivity contribution in [3.05, 3.63) is 5.69 Å². The lowest BCUT2D eigenvalue weighted by Crippen LogP contribution is -2.33. The van der Waals surface area contributed by atoms with Crippen molar-refractivity contribution in [2.45, 2.75) is 24.0 Å². The Kier molecular flexibility index (Phi) is 4.21. The fraction of sp³-hybridized carbons (Fsp3) is 0.700. The Morgan fingerprint density at radius 2 is 2.39 bits per heavy atom. The molecule has 1 unspecified atom stereocenters. The molecule has 2 heterocycles. The van der Waals surface area contributed by atoms with Crippen LogP contribution in [0.1, 0.15) is 18.5 Å². The maximum atomic E-state index is 11.3. The molecule has 0 radical (unpaired) electrons. The Balaban J connectivity index is 1.98. The first-order chi connectivity index (χ1) is 8.47. The predicted molar refractivity (Wildman–Crippen MR) is 72.3 cm³/mol. The Morgan fingerprint density at radius 1 is 1.61 bits per heavy atom. The summed E-state index contributed by atoms with van der Waals surface area (Å²) in [6.07, 6.45) is 2.37. The highest BCUT2D eigenvalue weighted by molar-refractivity contribution is 7.91. The van der Waals surface area contributed by atoms with E-state index in [2.05, 4.69) is 15.6 Å². The van der Waals surface area contributed by atoms with E-state index in [1.54, 1.807) is 6.92 Å². The summed E-state index contributed by atoms with van der Waals surface area (Å²) in [4.78, 5) is 4.19. The van der Waals surface area contributed by atoms with Gasteiger partial charge in [-0.05, 0) is 38.8 Å². The Labute approximate surface area is 111 Å². The van der Waals surface area contributed by atoms with E-state index in [4.69, 9.17) is 5.14 Å². The maximum absolute atomic E-state index is 11.3. The molecule has 4 N–H and O–H groups in total. The molecule has 0 amide bonds. The van der Waals surface area contributed by atoms with Gasteiger partial charge < -0.3 is 10.6 Å². The first-order valence-corrected chi connectivity index (χ1v) is 8.28. The van der Waals surface area contributed by atoms with Crippen molar-refractivity contribution in [3.8, 4) is 0 Å². The minimum Gasteiger partial charge on any atom is -0.361 e. The predicted octanol–water partition coefficient (Wildman–Crippen LogP) is 0.510. The molecule has 0 spiro atoms. The van der Waals surface area contributed by atoms with Crippen molar-refractivity contribution in [1.29, 1.82) is 0 Å². The standard InChI is InChI=1S/C10H18N4O2S2/c1-7-9(18(11,15)16)17-10(14-7)13-6-8-3-2-4-12-5-8/h8,12H,2-6H2,1H3,(H,13,14)(H2,11,15,16). The number of piperidine rings is 1. The summed E-state index contributed by atoms with van der Waals surface area (Å²) in [5, 5.41) is 12.3. The second kappa shape index (κ2) is 5.52. The zero-order valence-corrected chi connectivity index (χ0v) is 11.9. The number of thiazole rings is 1. The summed E-state index contributed by atoms with van der Waals surface area (Å²) in [7, 11) is -3.65. The summed E-state index contributed by atoms with van der Waals surface area (Å²) in [5.41, 5.74) is 0.465. The van der Waals surface area contributed by atoms with Crippen LogP contribution in [0.25, 0.3) is 0 Å². The quantitative estimate of drug-likeness (QED) is 0.750.